The molecule has 0 amide bonds. The Balaban J connectivity index is 0.000000561. The highest BCUT2D eigenvalue weighted by atomic mass is 16.5. The minimum absolute atomic E-state index is 0.286. The maximum absolute atomic E-state index is 10.4. The molecule has 0 fully saturated rings. The zero-order valence-corrected chi connectivity index (χ0v) is 6.86. The van der Waals surface area contributed by atoms with E-state index in [0.717, 1.165) is 0 Å². The quantitative estimate of drug-likeness (QED) is 0.276. The van der Waals surface area contributed by atoms with Gasteiger partial charge in [-0.15, -0.1) is 0 Å². The average molecular weight is 168 g/mol. The first-order valence-electron chi connectivity index (χ1n) is 3.36. The van der Waals surface area contributed by atoms with E-state index in [1.165, 1.54) is 6.92 Å². The average Bonchev–Trinajstić information content (AvgIpc) is 2.08. The summed E-state index contributed by atoms with van der Waals surface area (Å²) >= 11 is 0. The molecule has 1 rings (SSSR count). The van der Waals surface area contributed by atoms with Crippen LogP contribution in [-0.2, 0) is 4.79 Å². The van der Waals surface area contributed by atoms with E-state index in [-0.39, 0.29) is 5.97 Å². The van der Waals surface area contributed by atoms with Gasteiger partial charge in [-0.3, -0.25) is 16.5 Å². The Morgan fingerprint density at radius 2 is 1.75 bits per heavy atom. The number of hydrazine groups is 1. The summed E-state index contributed by atoms with van der Waals surface area (Å²) in [4.78, 5) is 10.4. The Morgan fingerprint density at radius 3 is 2.17 bits per heavy atom. The van der Waals surface area contributed by atoms with E-state index in [9.17, 15) is 4.79 Å². The normalized spacial score (nSPS) is 7.92. The third-order valence-corrected chi connectivity index (χ3v) is 1.00. The predicted molar refractivity (Wildman–Crippen MR) is 46.1 cm³/mol. The number of rotatable bonds is 1. The molecule has 0 atom stereocenters. The van der Waals surface area contributed by atoms with Crippen LogP contribution in [0.3, 0.4) is 0 Å². The molecule has 1 aromatic rings. The molecular weight excluding hydrogens is 156 g/mol. The third kappa shape index (κ3) is 4.43. The molecule has 12 heavy (non-hydrogen) atoms. The molecule has 0 heterocycles. The SMILES string of the molecule is CC(=O)Oc1ccccc1.NN. The van der Waals surface area contributed by atoms with Crippen molar-refractivity contribution in [2.45, 2.75) is 6.92 Å². The minimum atomic E-state index is -0.286. The fourth-order valence-corrected chi connectivity index (χ4v) is 0.655. The monoisotopic (exact) mass is 168 g/mol. The van der Waals surface area contributed by atoms with Crippen LogP contribution < -0.4 is 16.4 Å². The Bertz CT molecular complexity index is 224. The second-order valence-electron chi connectivity index (χ2n) is 1.91. The first-order valence-corrected chi connectivity index (χ1v) is 3.36. The van der Waals surface area contributed by atoms with E-state index >= 15 is 0 Å². The van der Waals surface area contributed by atoms with Crippen molar-refractivity contribution in [3.05, 3.63) is 30.3 Å². The topological polar surface area (TPSA) is 78.3 Å². The zero-order chi connectivity index (χ0) is 9.40. The lowest BCUT2D eigenvalue weighted by Gasteiger charge is -1.97. The highest BCUT2D eigenvalue weighted by molar-refractivity contribution is 5.69. The van der Waals surface area contributed by atoms with E-state index in [2.05, 4.69) is 11.7 Å². The van der Waals surface area contributed by atoms with Crippen molar-refractivity contribution in [3.63, 3.8) is 0 Å². The molecule has 4 nitrogen and oxygen atoms in total. The molecule has 66 valence electrons. The van der Waals surface area contributed by atoms with E-state index in [0.29, 0.717) is 5.75 Å². The van der Waals surface area contributed by atoms with Gasteiger partial charge in [0.15, 0.2) is 0 Å². The first-order chi connectivity index (χ1) is 5.79. The van der Waals surface area contributed by atoms with Gasteiger partial charge in [0.05, 0.1) is 0 Å². The van der Waals surface area contributed by atoms with E-state index in [1.54, 1.807) is 12.1 Å². The molecule has 0 saturated heterocycles. The molecule has 0 spiro atoms. The number of benzene rings is 1. The van der Waals surface area contributed by atoms with Crippen molar-refractivity contribution in [2.75, 3.05) is 0 Å². The summed E-state index contributed by atoms with van der Waals surface area (Å²) in [5.74, 6) is 8.31. The molecule has 0 saturated carbocycles. The van der Waals surface area contributed by atoms with Crippen molar-refractivity contribution >= 4 is 5.97 Å². The predicted octanol–water partition coefficient (Wildman–Crippen LogP) is 0.431. The molecule has 0 aliphatic heterocycles. The van der Waals surface area contributed by atoms with Crippen LogP contribution in [0, 0.1) is 0 Å². The lowest BCUT2D eigenvalue weighted by molar-refractivity contribution is -0.131. The molecule has 0 aromatic heterocycles. The highest BCUT2D eigenvalue weighted by Crippen LogP contribution is 2.07. The molecule has 1 aromatic carbocycles. The van der Waals surface area contributed by atoms with Gasteiger partial charge in [0.1, 0.15) is 5.75 Å². The van der Waals surface area contributed by atoms with Crippen molar-refractivity contribution in [1.29, 1.82) is 0 Å². The van der Waals surface area contributed by atoms with Gasteiger partial charge in [-0.2, -0.15) is 0 Å². The molecular formula is C8H12N2O2. The molecule has 4 N–H and O–H groups in total. The summed E-state index contributed by atoms with van der Waals surface area (Å²) in [5, 5.41) is 0. The lowest BCUT2D eigenvalue weighted by atomic mass is 10.3. The van der Waals surface area contributed by atoms with Gasteiger partial charge in [-0.05, 0) is 12.1 Å². The van der Waals surface area contributed by atoms with Crippen LogP contribution in [0.4, 0.5) is 0 Å². The molecule has 0 aliphatic rings. The molecule has 0 aliphatic carbocycles. The highest BCUT2D eigenvalue weighted by Gasteiger charge is 1.92. The van der Waals surface area contributed by atoms with Crippen molar-refractivity contribution in [1.82, 2.24) is 0 Å². The van der Waals surface area contributed by atoms with Crippen molar-refractivity contribution < 1.29 is 9.53 Å². The van der Waals surface area contributed by atoms with E-state index < -0.39 is 0 Å². The van der Waals surface area contributed by atoms with Crippen LogP contribution in [0.25, 0.3) is 0 Å². The number of esters is 1. The van der Waals surface area contributed by atoms with Crippen LogP contribution >= 0.6 is 0 Å². The van der Waals surface area contributed by atoms with Crippen molar-refractivity contribution in [2.24, 2.45) is 11.7 Å². The fourth-order valence-electron chi connectivity index (χ4n) is 0.655. The zero-order valence-electron chi connectivity index (χ0n) is 6.86. The summed E-state index contributed by atoms with van der Waals surface area (Å²) < 4.78 is 4.78. The largest absolute Gasteiger partial charge is 0.427 e. The summed E-state index contributed by atoms with van der Waals surface area (Å²) in [6.07, 6.45) is 0. The summed E-state index contributed by atoms with van der Waals surface area (Å²) in [6, 6.07) is 8.98. The molecule has 0 radical (unpaired) electrons. The minimum Gasteiger partial charge on any atom is -0.427 e. The standard InChI is InChI=1S/C8H8O2.H4N2/c1-7(9)10-8-5-3-2-4-6-8;1-2/h2-6H,1H3;1-2H2. The van der Waals surface area contributed by atoms with Crippen LogP contribution in [0.5, 0.6) is 5.75 Å². The van der Waals surface area contributed by atoms with Gasteiger partial charge in [-0.1, -0.05) is 18.2 Å². The number of ether oxygens (including phenoxy) is 1. The van der Waals surface area contributed by atoms with Crippen LogP contribution in [0.15, 0.2) is 30.3 Å². The Labute approximate surface area is 71.1 Å². The number of carbonyl (C=O) groups is 1. The van der Waals surface area contributed by atoms with Gasteiger partial charge in [0.2, 0.25) is 0 Å². The van der Waals surface area contributed by atoms with Gasteiger partial charge >= 0.3 is 5.97 Å². The summed E-state index contributed by atoms with van der Waals surface area (Å²) in [7, 11) is 0. The third-order valence-electron chi connectivity index (χ3n) is 1.00. The second-order valence-corrected chi connectivity index (χ2v) is 1.91. The maximum Gasteiger partial charge on any atom is 0.308 e. The Morgan fingerprint density at radius 1 is 1.25 bits per heavy atom. The van der Waals surface area contributed by atoms with Gasteiger partial charge in [0, 0.05) is 6.92 Å². The summed E-state index contributed by atoms with van der Waals surface area (Å²) in [6.45, 7) is 1.38. The number of para-hydroxylation sites is 1. The molecule has 0 unspecified atom stereocenters. The lowest BCUT2D eigenvalue weighted by Crippen LogP contribution is -2.02. The number of hydrogen-bond acceptors (Lipinski definition) is 4. The maximum atomic E-state index is 10.4. The number of carbonyl (C=O) groups excluding carboxylic acids is 1. The van der Waals surface area contributed by atoms with E-state index in [4.69, 9.17) is 4.74 Å². The smallest absolute Gasteiger partial charge is 0.308 e. The number of nitrogens with two attached hydrogens (primary N) is 2. The first kappa shape index (κ1) is 10.6. The fraction of sp³-hybridized carbons (Fsp3) is 0.125. The van der Waals surface area contributed by atoms with Gasteiger partial charge in [0.25, 0.3) is 0 Å². The number of hydrogen-bond donors (Lipinski definition) is 2. The van der Waals surface area contributed by atoms with Crippen molar-refractivity contribution in [3.8, 4) is 5.75 Å². The van der Waals surface area contributed by atoms with Crippen LogP contribution in [-0.4, -0.2) is 5.97 Å². The molecule has 4 heteroatoms. The van der Waals surface area contributed by atoms with E-state index in [1.807, 2.05) is 18.2 Å². The summed E-state index contributed by atoms with van der Waals surface area (Å²) in [5.41, 5.74) is 0. The molecule has 0 bridgehead atoms. The van der Waals surface area contributed by atoms with Crippen LogP contribution in [0.2, 0.25) is 0 Å². The Hall–Kier alpha value is -1.39. The Kier molecular flexibility index (Phi) is 5.60. The van der Waals surface area contributed by atoms with Gasteiger partial charge in [-0.25, -0.2) is 0 Å². The second kappa shape index (κ2) is 6.33. The van der Waals surface area contributed by atoms with Gasteiger partial charge < -0.3 is 4.74 Å². The van der Waals surface area contributed by atoms with Crippen LogP contribution in [0.1, 0.15) is 6.92 Å².